The van der Waals surface area contributed by atoms with Crippen LogP contribution in [0, 0.1) is 5.41 Å². The van der Waals surface area contributed by atoms with Crippen molar-refractivity contribution in [2.24, 2.45) is 5.41 Å². The number of nitrogens with zero attached hydrogens (tertiary/aromatic N) is 1. The number of halogens is 1. The number of carbonyl (C=O) groups is 1. The molecule has 0 spiro atoms. The van der Waals surface area contributed by atoms with Gasteiger partial charge in [0.15, 0.2) is 0 Å². The maximum atomic E-state index is 13.2. The lowest BCUT2D eigenvalue weighted by atomic mass is 9.80. The maximum absolute atomic E-state index is 13.2. The average molecular weight is 175 g/mol. The molecule has 2 atom stereocenters. The molecule has 4 heteroatoms. The summed E-state index contributed by atoms with van der Waals surface area (Å²) in [7, 11) is 1.81. The number of carboxylic acids is 1. The van der Waals surface area contributed by atoms with Crippen LogP contribution in [-0.2, 0) is 4.79 Å². The molecule has 0 bridgehead atoms. The summed E-state index contributed by atoms with van der Waals surface area (Å²) in [6.45, 7) is 2.41. The fraction of sp³-hybridized carbons (Fsp3) is 0.875. The highest BCUT2D eigenvalue weighted by molar-refractivity contribution is 5.75. The Kier molecular flexibility index (Phi) is 2.37. The highest BCUT2D eigenvalue weighted by Crippen LogP contribution is 2.31. The molecular formula is C8H14FNO2. The van der Waals surface area contributed by atoms with E-state index in [0.717, 1.165) is 0 Å². The maximum Gasteiger partial charge on any atom is 0.313 e. The Balaban J connectivity index is 2.77. The number of hydrogen-bond acceptors (Lipinski definition) is 2. The molecule has 0 radical (unpaired) electrons. The Hall–Kier alpha value is -0.640. The lowest BCUT2D eigenvalue weighted by molar-refractivity contribution is -0.156. The van der Waals surface area contributed by atoms with E-state index < -0.39 is 17.6 Å². The van der Waals surface area contributed by atoms with E-state index in [-0.39, 0.29) is 0 Å². The molecule has 3 nitrogen and oxygen atoms in total. The summed E-state index contributed by atoms with van der Waals surface area (Å²) in [6.07, 6.45) is -0.898. The number of alkyl halides is 1. The molecule has 0 aromatic heterocycles. The van der Waals surface area contributed by atoms with Crippen LogP contribution in [0.15, 0.2) is 0 Å². The summed E-state index contributed by atoms with van der Waals surface area (Å²) >= 11 is 0. The van der Waals surface area contributed by atoms with Gasteiger partial charge in [-0.25, -0.2) is 4.39 Å². The van der Waals surface area contributed by atoms with Gasteiger partial charge in [0.25, 0.3) is 0 Å². The van der Waals surface area contributed by atoms with Crippen molar-refractivity contribution in [3.63, 3.8) is 0 Å². The van der Waals surface area contributed by atoms with E-state index >= 15 is 0 Å². The zero-order valence-electron chi connectivity index (χ0n) is 7.38. The highest BCUT2D eigenvalue weighted by Gasteiger charge is 2.45. The minimum Gasteiger partial charge on any atom is -0.481 e. The third-order valence-corrected chi connectivity index (χ3v) is 2.54. The average Bonchev–Trinajstić information content (AvgIpc) is 1.97. The smallest absolute Gasteiger partial charge is 0.313 e. The van der Waals surface area contributed by atoms with Crippen molar-refractivity contribution in [3.05, 3.63) is 0 Å². The fourth-order valence-corrected chi connectivity index (χ4v) is 1.59. The molecular weight excluding hydrogens is 161 g/mol. The standard InChI is InChI=1S/C8H14FNO2/c1-8(7(11)12)5-10(2)4-3-6(8)9/h6H,3-5H2,1-2H3,(H,11,12). The Morgan fingerprint density at radius 2 is 2.33 bits per heavy atom. The van der Waals surface area contributed by atoms with E-state index in [1.54, 1.807) is 0 Å². The topological polar surface area (TPSA) is 40.5 Å². The Labute approximate surface area is 71.2 Å². The van der Waals surface area contributed by atoms with Crippen LogP contribution in [0.2, 0.25) is 0 Å². The summed E-state index contributed by atoms with van der Waals surface area (Å²) in [5.74, 6) is -1.04. The molecule has 0 aromatic carbocycles. The molecule has 1 saturated heterocycles. The minimum atomic E-state index is -1.22. The van der Waals surface area contributed by atoms with Crippen molar-refractivity contribution in [2.75, 3.05) is 20.1 Å². The molecule has 0 saturated carbocycles. The Bertz CT molecular complexity index is 197. The third-order valence-electron chi connectivity index (χ3n) is 2.54. The third kappa shape index (κ3) is 1.43. The van der Waals surface area contributed by atoms with Gasteiger partial charge in [-0.05, 0) is 20.4 Å². The number of carboxylic acid groups (broad SMARTS) is 1. The Morgan fingerprint density at radius 3 is 2.75 bits per heavy atom. The summed E-state index contributed by atoms with van der Waals surface area (Å²) in [5, 5.41) is 8.82. The van der Waals surface area contributed by atoms with Crippen molar-refractivity contribution >= 4 is 5.97 Å². The summed E-state index contributed by atoms with van der Waals surface area (Å²) in [4.78, 5) is 12.6. The van der Waals surface area contributed by atoms with Gasteiger partial charge in [0.1, 0.15) is 11.6 Å². The summed E-state index contributed by atoms with van der Waals surface area (Å²) < 4.78 is 13.2. The number of likely N-dealkylation sites (tertiary alicyclic amines) is 1. The number of piperidine rings is 1. The second-order valence-corrected chi connectivity index (χ2v) is 3.72. The van der Waals surface area contributed by atoms with Crippen molar-refractivity contribution in [1.29, 1.82) is 0 Å². The predicted octanol–water partition coefficient (Wildman–Crippen LogP) is 0.751. The van der Waals surface area contributed by atoms with Crippen LogP contribution in [0.3, 0.4) is 0 Å². The van der Waals surface area contributed by atoms with Crippen LogP contribution in [0.1, 0.15) is 13.3 Å². The van der Waals surface area contributed by atoms with Gasteiger partial charge in [0.05, 0.1) is 0 Å². The largest absolute Gasteiger partial charge is 0.481 e. The van der Waals surface area contributed by atoms with Crippen molar-refractivity contribution in [3.8, 4) is 0 Å². The molecule has 1 fully saturated rings. The van der Waals surface area contributed by atoms with E-state index in [1.165, 1.54) is 6.92 Å². The molecule has 12 heavy (non-hydrogen) atoms. The molecule has 1 heterocycles. The van der Waals surface area contributed by atoms with Crippen LogP contribution in [0.25, 0.3) is 0 Å². The van der Waals surface area contributed by atoms with Crippen molar-refractivity contribution in [2.45, 2.75) is 19.5 Å². The quantitative estimate of drug-likeness (QED) is 0.639. The van der Waals surface area contributed by atoms with Gasteiger partial charge in [-0.1, -0.05) is 0 Å². The van der Waals surface area contributed by atoms with E-state index in [1.807, 2.05) is 11.9 Å². The van der Waals surface area contributed by atoms with Crippen LogP contribution in [0.5, 0.6) is 0 Å². The Morgan fingerprint density at radius 1 is 1.75 bits per heavy atom. The van der Waals surface area contributed by atoms with Crippen molar-refractivity contribution < 1.29 is 14.3 Å². The fourth-order valence-electron chi connectivity index (χ4n) is 1.59. The molecule has 70 valence electrons. The van der Waals surface area contributed by atoms with Gasteiger partial charge in [-0.15, -0.1) is 0 Å². The zero-order valence-corrected chi connectivity index (χ0v) is 7.38. The highest BCUT2D eigenvalue weighted by atomic mass is 19.1. The van der Waals surface area contributed by atoms with Crippen LogP contribution in [0.4, 0.5) is 4.39 Å². The molecule has 0 aliphatic carbocycles. The SMILES string of the molecule is CN1CCC(F)C(C)(C(=O)O)C1. The first-order valence-electron chi connectivity index (χ1n) is 4.03. The first-order chi connectivity index (χ1) is 5.47. The van der Waals surface area contributed by atoms with E-state index in [2.05, 4.69) is 0 Å². The summed E-state index contributed by atoms with van der Waals surface area (Å²) in [6, 6.07) is 0. The monoisotopic (exact) mass is 175 g/mol. The predicted molar refractivity (Wildman–Crippen MR) is 42.8 cm³/mol. The molecule has 1 N–H and O–H groups in total. The molecule has 1 rings (SSSR count). The van der Waals surface area contributed by atoms with Crippen LogP contribution >= 0.6 is 0 Å². The second kappa shape index (κ2) is 3.01. The van der Waals surface area contributed by atoms with E-state index in [0.29, 0.717) is 19.5 Å². The normalized spacial score (nSPS) is 38.1. The molecule has 1 aliphatic heterocycles. The first-order valence-corrected chi connectivity index (χ1v) is 4.03. The summed E-state index contributed by atoms with van der Waals surface area (Å²) in [5.41, 5.74) is -1.22. The molecule has 0 amide bonds. The zero-order chi connectivity index (χ0) is 9.35. The molecule has 2 unspecified atom stereocenters. The number of hydrogen-bond donors (Lipinski definition) is 1. The van der Waals surface area contributed by atoms with Gasteiger partial charge < -0.3 is 10.0 Å². The first kappa shape index (κ1) is 9.45. The van der Waals surface area contributed by atoms with Gasteiger partial charge in [0, 0.05) is 13.1 Å². The lowest BCUT2D eigenvalue weighted by Crippen LogP contribution is -2.51. The second-order valence-electron chi connectivity index (χ2n) is 3.72. The van der Waals surface area contributed by atoms with Crippen molar-refractivity contribution in [1.82, 2.24) is 4.90 Å². The van der Waals surface area contributed by atoms with E-state index in [9.17, 15) is 9.18 Å². The van der Waals surface area contributed by atoms with Gasteiger partial charge in [-0.3, -0.25) is 4.79 Å². The van der Waals surface area contributed by atoms with Gasteiger partial charge in [-0.2, -0.15) is 0 Å². The molecule has 0 aromatic rings. The van der Waals surface area contributed by atoms with Crippen LogP contribution < -0.4 is 0 Å². The van der Waals surface area contributed by atoms with Gasteiger partial charge in [0.2, 0.25) is 0 Å². The van der Waals surface area contributed by atoms with Crippen LogP contribution in [-0.4, -0.2) is 42.3 Å². The lowest BCUT2D eigenvalue weighted by Gasteiger charge is -2.37. The number of aliphatic carboxylic acids is 1. The van der Waals surface area contributed by atoms with Gasteiger partial charge >= 0.3 is 5.97 Å². The molecule has 1 aliphatic rings. The number of rotatable bonds is 1. The van der Waals surface area contributed by atoms with E-state index in [4.69, 9.17) is 5.11 Å². The minimum absolute atomic E-state index is 0.295.